The van der Waals surface area contributed by atoms with Crippen molar-refractivity contribution < 1.29 is 14.7 Å². The Hall–Kier alpha value is -2.15. The number of aromatic nitrogens is 2. The molecule has 1 amide bonds. The maximum atomic E-state index is 12.2. The molecule has 0 fully saturated rings. The van der Waals surface area contributed by atoms with Crippen molar-refractivity contribution in [2.75, 3.05) is 0 Å². The lowest BCUT2D eigenvalue weighted by Crippen LogP contribution is -2.32. The molecule has 0 saturated heterocycles. The molecule has 2 rings (SSSR count). The fourth-order valence-electron chi connectivity index (χ4n) is 2.35. The van der Waals surface area contributed by atoms with Gasteiger partial charge in [-0.1, -0.05) is 0 Å². The van der Waals surface area contributed by atoms with E-state index in [9.17, 15) is 9.59 Å². The number of carbonyl (C=O) groups is 2. The van der Waals surface area contributed by atoms with Gasteiger partial charge < -0.3 is 10.4 Å². The molecular weight excluding hydrogens is 374 g/mol. The van der Waals surface area contributed by atoms with Crippen molar-refractivity contribution in [1.29, 1.82) is 0 Å². The number of carboxylic acids is 1. The summed E-state index contributed by atoms with van der Waals surface area (Å²) < 4.78 is 2.79. The second-order valence-electron chi connectivity index (χ2n) is 5.75. The van der Waals surface area contributed by atoms with Crippen molar-refractivity contribution in [3.63, 3.8) is 0 Å². The predicted molar refractivity (Wildman–Crippen MR) is 94.5 cm³/mol. The lowest BCUT2D eigenvalue weighted by atomic mass is 10.1. The van der Waals surface area contributed by atoms with Crippen LogP contribution < -0.4 is 5.32 Å². The van der Waals surface area contributed by atoms with Gasteiger partial charge in [-0.25, -0.2) is 4.68 Å². The molecule has 2 N–H and O–H groups in total. The monoisotopic (exact) mass is 393 g/mol. The third-order valence-electron chi connectivity index (χ3n) is 3.75. The number of amides is 1. The summed E-state index contributed by atoms with van der Waals surface area (Å²) in [5.74, 6) is -1.08. The molecule has 0 saturated carbocycles. The molecule has 1 atom stereocenters. The van der Waals surface area contributed by atoms with E-state index in [2.05, 4.69) is 26.3 Å². The zero-order valence-electron chi connectivity index (χ0n) is 13.8. The highest BCUT2D eigenvalue weighted by atomic mass is 79.9. The van der Waals surface area contributed by atoms with Crippen molar-refractivity contribution in [3.8, 4) is 5.69 Å². The highest BCUT2D eigenvalue weighted by Crippen LogP contribution is 2.23. The maximum Gasteiger partial charge on any atom is 0.303 e. The molecule has 0 aliphatic rings. The van der Waals surface area contributed by atoms with Crippen LogP contribution in [0.25, 0.3) is 5.69 Å². The molecule has 6 nitrogen and oxygen atoms in total. The van der Waals surface area contributed by atoms with Gasteiger partial charge in [0.25, 0.3) is 5.91 Å². The van der Waals surface area contributed by atoms with Crippen molar-refractivity contribution in [3.05, 3.63) is 45.7 Å². The van der Waals surface area contributed by atoms with Gasteiger partial charge in [0.15, 0.2) is 0 Å². The highest BCUT2D eigenvalue weighted by Gasteiger charge is 2.13. The molecule has 0 aliphatic carbocycles. The van der Waals surface area contributed by atoms with Crippen molar-refractivity contribution in [1.82, 2.24) is 15.1 Å². The Balaban J connectivity index is 2.07. The molecule has 1 aromatic carbocycles. The average molecular weight is 394 g/mol. The van der Waals surface area contributed by atoms with Crippen LogP contribution in [-0.2, 0) is 4.79 Å². The van der Waals surface area contributed by atoms with Crippen LogP contribution in [0.3, 0.4) is 0 Å². The van der Waals surface area contributed by atoms with Crippen LogP contribution in [0, 0.1) is 13.8 Å². The number of hydrogen-bond acceptors (Lipinski definition) is 3. The summed E-state index contributed by atoms with van der Waals surface area (Å²) in [5, 5.41) is 15.9. The van der Waals surface area contributed by atoms with Gasteiger partial charge in [0.05, 0.1) is 21.5 Å². The van der Waals surface area contributed by atoms with E-state index in [4.69, 9.17) is 5.11 Å². The summed E-state index contributed by atoms with van der Waals surface area (Å²) in [7, 11) is 0. The highest BCUT2D eigenvalue weighted by molar-refractivity contribution is 9.10. The first-order valence-corrected chi connectivity index (χ1v) is 8.43. The Labute approximate surface area is 149 Å². The molecule has 128 valence electrons. The van der Waals surface area contributed by atoms with E-state index in [0.717, 1.165) is 21.5 Å². The van der Waals surface area contributed by atoms with Gasteiger partial charge in [0.2, 0.25) is 0 Å². The average Bonchev–Trinajstić information content (AvgIpc) is 2.80. The van der Waals surface area contributed by atoms with E-state index >= 15 is 0 Å². The van der Waals surface area contributed by atoms with Crippen LogP contribution in [0.15, 0.2) is 28.7 Å². The van der Waals surface area contributed by atoms with Crippen molar-refractivity contribution in [2.24, 2.45) is 0 Å². The number of aliphatic carboxylic acids is 1. The molecule has 0 bridgehead atoms. The van der Waals surface area contributed by atoms with Gasteiger partial charge in [-0.2, -0.15) is 5.10 Å². The minimum absolute atomic E-state index is 0.0349. The third kappa shape index (κ3) is 4.23. The van der Waals surface area contributed by atoms with Crippen LogP contribution >= 0.6 is 15.9 Å². The SMILES string of the molecule is Cc1nn(-c2ccc(C(=O)NC(C)CCC(=O)O)cc2)c(C)c1Br. The number of aryl methyl sites for hydroxylation is 1. The number of halogens is 1. The second-order valence-corrected chi connectivity index (χ2v) is 6.54. The number of nitrogens with zero attached hydrogens (tertiary/aromatic N) is 2. The summed E-state index contributed by atoms with van der Waals surface area (Å²) in [6.45, 7) is 5.69. The Morgan fingerprint density at radius 3 is 2.42 bits per heavy atom. The largest absolute Gasteiger partial charge is 0.481 e. The van der Waals surface area contributed by atoms with Gasteiger partial charge in [-0.15, -0.1) is 0 Å². The van der Waals surface area contributed by atoms with Crippen molar-refractivity contribution in [2.45, 2.75) is 39.7 Å². The van der Waals surface area contributed by atoms with E-state index in [-0.39, 0.29) is 18.4 Å². The number of hydrogen-bond donors (Lipinski definition) is 2. The first-order valence-electron chi connectivity index (χ1n) is 7.64. The Morgan fingerprint density at radius 2 is 1.92 bits per heavy atom. The fraction of sp³-hybridized carbons (Fsp3) is 0.353. The number of benzene rings is 1. The minimum atomic E-state index is -0.864. The molecule has 0 radical (unpaired) electrons. The Kier molecular flexibility index (Phi) is 5.77. The molecule has 24 heavy (non-hydrogen) atoms. The fourth-order valence-corrected chi connectivity index (χ4v) is 2.60. The van der Waals surface area contributed by atoms with E-state index in [1.54, 1.807) is 19.1 Å². The lowest BCUT2D eigenvalue weighted by molar-refractivity contribution is -0.137. The summed E-state index contributed by atoms with van der Waals surface area (Å²) in [6, 6.07) is 6.95. The quantitative estimate of drug-likeness (QED) is 0.788. The van der Waals surface area contributed by atoms with E-state index in [0.29, 0.717) is 12.0 Å². The van der Waals surface area contributed by atoms with Gasteiger partial charge in [-0.3, -0.25) is 9.59 Å². The first-order chi connectivity index (χ1) is 11.3. The first kappa shape index (κ1) is 18.2. The van der Waals surface area contributed by atoms with Crippen LogP contribution in [-0.4, -0.2) is 32.8 Å². The van der Waals surface area contributed by atoms with Crippen LogP contribution in [0.5, 0.6) is 0 Å². The van der Waals surface area contributed by atoms with Crippen LogP contribution in [0.1, 0.15) is 41.5 Å². The number of carboxylic acid groups (broad SMARTS) is 1. The van der Waals surface area contributed by atoms with E-state index in [1.165, 1.54) is 0 Å². The zero-order valence-corrected chi connectivity index (χ0v) is 15.4. The predicted octanol–water partition coefficient (Wildman–Crippen LogP) is 3.23. The Morgan fingerprint density at radius 1 is 1.29 bits per heavy atom. The number of carbonyl (C=O) groups excluding carboxylic acids is 1. The standard InChI is InChI=1S/C17H20BrN3O3/c1-10(4-9-15(22)23)19-17(24)13-5-7-14(8-6-13)21-12(3)16(18)11(2)20-21/h5-8,10H,4,9H2,1-3H3,(H,19,24)(H,22,23). The summed E-state index contributed by atoms with van der Waals surface area (Å²) in [6.07, 6.45) is 0.437. The maximum absolute atomic E-state index is 12.2. The van der Waals surface area contributed by atoms with Crippen LogP contribution in [0.4, 0.5) is 0 Å². The molecule has 7 heteroatoms. The summed E-state index contributed by atoms with van der Waals surface area (Å²) in [5.41, 5.74) is 3.30. The smallest absolute Gasteiger partial charge is 0.303 e. The van der Waals surface area contributed by atoms with Gasteiger partial charge in [-0.05, 0) is 67.4 Å². The summed E-state index contributed by atoms with van der Waals surface area (Å²) >= 11 is 3.50. The number of rotatable bonds is 6. The normalized spacial score (nSPS) is 12.0. The molecule has 0 aliphatic heterocycles. The second kappa shape index (κ2) is 7.61. The molecule has 1 heterocycles. The Bertz CT molecular complexity index is 753. The van der Waals surface area contributed by atoms with Gasteiger partial charge in [0.1, 0.15) is 0 Å². The van der Waals surface area contributed by atoms with Crippen LogP contribution in [0.2, 0.25) is 0 Å². The topological polar surface area (TPSA) is 84.2 Å². The molecule has 2 aromatic rings. The zero-order chi connectivity index (χ0) is 17.9. The van der Waals surface area contributed by atoms with E-state index in [1.807, 2.05) is 30.7 Å². The number of nitrogens with one attached hydrogen (secondary N) is 1. The van der Waals surface area contributed by atoms with E-state index < -0.39 is 5.97 Å². The minimum Gasteiger partial charge on any atom is -0.481 e. The molecular formula is C17H20BrN3O3. The third-order valence-corrected chi connectivity index (χ3v) is 4.89. The molecule has 1 aromatic heterocycles. The van der Waals surface area contributed by atoms with Gasteiger partial charge in [0, 0.05) is 18.0 Å². The summed E-state index contributed by atoms with van der Waals surface area (Å²) in [4.78, 5) is 22.7. The van der Waals surface area contributed by atoms with Crippen molar-refractivity contribution >= 4 is 27.8 Å². The molecule has 0 spiro atoms. The molecule has 1 unspecified atom stereocenters. The van der Waals surface area contributed by atoms with Gasteiger partial charge >= 0.3 is 5.97 Å². The lowest BCUT2D eigenvalue weighted by Gasteiger charge is -2.13.